The second-order valence-corrected chi connectivity index (χ2v) is 4.79. The zero-order valence-corrected chi connectivity index (χ0v) is 11.7. The molecule has 1 aliphatic rings. The minimum Gasteiger partial charge on any atom is -0.480 e. The Balaban J connectivity index is 2.06. The first kappa shape index (κ1) is 15.6. The molecule has 22 heavy (non-hydrogen) atoms. The smallest absolute Gasteiger partial charge is 0.429 e. The topological polar surface area (TPSA) is 107 Å². The molecular formula is C14H16N2O6. The van der Waals surface area contributed by atoms with Crippen molar-refractivity contribution >= 4 is 18.2 Å². The quantitative estimate of drug-likeness (QED) is 0.881. The number of hydrogen-bond acceptors (Lipinski definition) is 4. The van der Waals surface area contributed by atoms with Gasteiger partial charge in [0.1, 0.15) is 6.61 Å². The molecule has 1 aromatic rings. The van der Waals surface area contributed by atoms with E-state index >= 15 is 0 Å². The van der Waals surface area contributed by atoms with Crippen molar-refractivity contribution in [3.8, 4) is 0 Å². The lowest BCUT2D eigenvalue weighted by molar-refractivity contribution is -0.152. The highest BCUT2D eigenvalue weighted by molar-refractivity contribution is 5.81. The maximum Gasteiger partial charge on any atom is 0.429 e. The summed E-state index contributed by atoms with van der Waals surface area (Å²) >= 11 is 0. The van der Waals surface area contributed by atoms with Gasteiger partial charge in [-0.05, 0) is 18.4 Å². The highest BCUT2D eigenvalue weighted by Gasteiger charge is 2.40. The van der Waals surface area contributed by atoms with Crippen LogP contribution in [0.15, 0.2) is 30.3 Å². The zero-order chi connectivity index (χ0) is 16.1. The average molecular weight is 308 g/mol. The van der Waals surface area contributed by atoms with Crippen LogP contribution in [0.25, 0.3) is 0 Å². The van der Waals surface area contributed by atoms with E-state index in [2.05, 4.69) is 0 Å². The first-order valence-corrected chi connectivity index (χ1v) is 6.74. The maximum absolute atomic E-state index is 12.1. The third-order valence-corrected chi connectivity index (χ3v) is 3.30. The van der Waals surface area contributed by atoms with Gasteiger partial charge in [-0.2, -0.15) is 5.01 Å². The Labute approximate surface area is 126 Å². The minimum atomic E-state index is -1.50. The van der Waals surface area contributed by atoms with Crippen molar-refractivity contribution in [3.63, 3.8) is 0 Å². The van der Waals surface area contributed by atoms with E-state index < -0.39 is 24.2 Å². The summed E-state index contributed by atoms with van der Waals surface area (Å²) in [4.78, 5) is 34.5. The monoisotopic (exact) mass is 308 g/mol. The van der Waals surface area contributed by atoms with Gasteiger partial charge in [-0.15, -0.1) is 0 Å². The summed E-state index contributed by atoms with van der Waals surface area (Å²) in [7, 11) is 0. The van der Waals surface area contributed by atoms with Gasteiger partial charge in [-0.1, -0.05) is 30.3 Å². The van der Waals surface area contributed by atoms with Crippen LogP contribution in [0.1, 0.15) is 18.4 Å². The molecule has 1 aliphatic heterocycles. The van der Waals surface area contributed by atoms with Gasteiger partial charge in [0, 0.05) is 6.54 Å². The predicted octanol–water partition coefficient (Wildman–Crippen LogP) is 1.77. The molecule has 0 radical (unpaired) electrons. The molecule has 1 atom stereocenters. The Kier molecular flexibility index (Phi) is 4.82. The van der Waals surface area contributed by atoms with Crippen molar-refractivity contribution in [1.82, 2.24) is 10.0 Å². The fourth-order valence-electron chi connectivity index (χ4n) is 2.27. The molecule has 118 valence electrons. The van der Waals surface area contributed by atoms with Gasteiger partial charge in [0.25, 0.3) is 0 Å². The lowest BCUT2D eigenvalue weighted by Crippen LogP contribution is -2.59. The second-order valence-electron chi connectivity index (χ2n) is 4.79. The van der Waals surface area contributed by atoms with E-state index in [0.29, 0.717) is 11.4 Å². The Bertz CT molecular complexity index is 562. The summed E-state index contributed by atoms with van der Waals surface area (Å²) < 4.78 is 5.07. The summed E-state index contributed by atoms with van der Waals surface area (Å²) in [6.45, 7) is 0.0884. The zero-order valence-electron chi connectivity index (χ0n) is 11.7. The van der Waals surface area contributed by atoms with Gasteiger partial charge >= 0.3 is 18.2 Å². The van der Waals surface area contributed by atoms with Crippen LogP contribution in [0, 0.1) is 0 Å². The molecule has 1 heterocycles. The Morgan fingerprint density at radius 2 is 1.86 bits per heavy atom. The van der Waals surface area contributed by atoms with Gasteiger partial charge in [-0.3, -0.25) is 0 Å². The molecule has 1 saturated heterocycles. The lowest BCUT2D eigenvalue weighted by atomic mass is 10.1. The molecule has 0 aromatic heterocycles. The maximum atomic E-state index is 12.1. The number of hydrogen-bond donors (Lipinski definition) is 2. The largest absolute Gasteiger partial charge is 0.480 e. The van der Waals surface area contributed by atoms with Crippen molar-refractivity contribution < 1.29 is 29.3 Å². The molecule has 1 aromatic carbocycles. The van der Waals surface area contributed by atoms with Crippen LogP contribution in [0.5, 0.6) is 0 Å². The molecule has 0 spiro atoms. The van der Waals surface area contributed by atoms with E-state index in [4.69, 9.17) is 9.84 Å². The van der Waals surface area contributed by atoms with Crippen molar-refractivity contribution in [2.24, 2.45) is 0 Å². The van der Waals surface area contributed by atoms with Crippen LogP contribution >= 0.6 is 0 Å². The number of carboxylic acids is 1. The van der Waals surface area contributed by atoms with Crippen LogP contribution in [0.3, 0.4) is 0 Å². The summed E-state index contributed by atoms with van der Waals surface area (Å²) in [6.07, 6.45) is -1.83. The van der Waals surface area contributed by atoms with Crippen LogP contribution < -0.4 is 0 Å². The van der Waals surface area contributed by atoms with Crippen molar-refractivity contribution in [1.29, 1.82) is 0 Å². The van der Waals surface area contributed by atoms with E-state index in [1.54, 1.807) is 24.3 Å². The van der Waals surface area contributed by atoms with Crippen LogP contribution in [0.2, 0.25) is 0 Å². The molecule has 1 fully saturated rings. The number of nitrogens with zero attached hydrogens (tertiary/aromatic N) is 2. The number of rotatable bonds is 3. The van der Waals surface area contributed by atoms with Gasteiger partial charge < -0.3 is 14.9 Å². The Morgan fingerprint density at radius 3 is 2.45 bits per heavy atom. The second kappa shape index (κ2) is 6.79. The fraction of sp³-hybridized carbons (Fsp3) is 0.357. The van der Waals surface area contributed by atoms with Crippen LogP contribution in [-0.2, 0) is 16.1 Å². The number of hydrazine groups is 1. The van der Waals surface area contributed by atoms with Crippen LogP contribution in [-0.4, -0.2) is 51.0 Å². The molecule has 2 N–H and O–H groups in total. The molecule has 0 aliphatic carbocycles. The molecule has 2 amide bonds. The van der Waals surface area contributed by atoms with Crippen LogP contribution in [0.4, 0.5) is 9.59 Å². The van der Waals surface area contributed by atoms with Crippen molar-refractivity contribution in [2.75, 3.05) is 6.54 Å². The van der Waals surface area contributed by atoms with Gasteiger partial charge in [0.05, 0.1) is 0 Å². The predicted molar refractivity (Wildman–Crippen MR) is 73.9 cm³/mol. The van der Waals surface area contributed by atoms with E-state index in [-0.39, 0.29) is 19.6 Å². The summed E-state index contributed by atoms with van der Waals surface area (Å²) in [5.41, 5.74) is 0.754. The number of carboxylic acid groups (broad SMARTS) is 2. The van der Waals surface area contributed by atoms with Crippen molar-refractivity contribution in [3.05, 3.63) is 35.9 Å². The molecule has 2 rings (SSSR count). The lowest BCUT2D eigenvalue weighted by Gasteiger charge is -2.39. The summed E-state index contributed by atoms with van der Waals surface area (Å²) in [5.74, 6) is -1.29. The van der Waals surface area contributed by atoms with E-state index in [1.165, 1.54) is 0 Å². The highest BCUT2D eigenvalue weighted by atomic mass is 16.6. The molecule has 0 bridgehead atoms. The molecule has 0 unspecified atom stereocenters. The first-order chi connectivity index (χ1) is 10.5. The third-order valence-electron chi connectivity index (χ3n) is 3.30. The first-order valence-electron chi connectivity index (χ1n) is 6.74. The summed E-state index contributed by atoms with van der Waals surface area (Å²) in [6, 6.07) is 7.63. The highest BCUT2D eigenvalue weighted by Crippen LogP contribution is 2.20. The number of carbonyl (C=O) groups is 3. The van der Waals surface area contributed by atoms with E-state index in [9.17, 15) is 19.5 Å². The number of aliphatic carboxylic acids is 1. The third kappa shape index (κ3) is 3.46. The summed E-state index contributed by atoms with van der Waals surface area (Å²) in [5, 5.41) is 19.6. The molecule has 8 heteroatoms. The Morgan fingerprint density at radius 1 is 1.18 bits per heavy atom. The van der Waals surface area contributed by atoms with Gasteiger partial charge in [0.15, 0.2) is 6.04 Å². The average Bonchev–Trinajstić information content (AvgIpc) is 2.52. The minimum absolute atomic E-state index is 0.0125. The number of benzene rings is 1. The number of carbonyl (C=O) groups excluding carboxylic acids is 1. The molecule has 0 saturated carbocycles. The molecular weight excluding hydrogens is 292 g/mol. The molecule has 8 nitrogen and oxygen atoms in total. The fourth-order valence-corrected chi connectivity index (χ4v) is 2.27. The van der Waals surface area contributed by atoms with E-state index in [0.717, 1.165) is 10.6 Å². The van der Waals surface area contributed by atoms with E-state index in [1.807, 2.05) is 6.07 Å². The van der Waals surface area contributed by atoms with Gasteiger partial charge in [-0.25, -0.2) is 19.4 Å². The Hall–Kier alpha value is -2.77. The number of ether oxygens (including phenoxy) is 1. The normalized spacial score (nSPS) is 17.9. The number of amides is 2. The standard InChI is InChI=1S/C14H16N2O6/c17-12(18)11-7-4-8-15(16(11)13(19)20)14(21)22-9-10-5-2-1-3-6-10/h1-3,5-6,11H,4,7-9H2,(H,17,18)(H,19,20)/t11-/m1/s1. The van der Waals surface area contributed by atoms with Crippen molar-refractivity contribution in [2.45, 2.75) is 25.5 Å². The van der Waals surface area contributed by atoms with Gasteiger partial charge in [0.2, 0.25) is 0 Å². The SMILES string of the molecule is O=C(O)[C@H]1CCCN(C(=O)OCc2ccccc2)N1C(=O)O.